The van der Waals surface area contributed by atoms with Gasteiger partial charge >= 0.3 is 0 Å². The van der Waals surface area contributed by atoms with Crippen LogP contribution in [0.25, 0.3) is 0 Å². The van der Waals surface area contributed by atoms with E-state index in [0.29, 0.717) is 0 Å². The molecule has 0 saturated heterocycles. The van der Waals surface area contributed by atoms with Gasteiger partial charge in [0, 0.05) is 28.9 Å². The second kappa shape index (κ2) is 5.88. The van der Waals surface area contributed by atoms with Crippen LogP contribution in [0.4, 0.5) is 11.4 Å². The third-order valence-electron chi connectivity index (χ3n) is 3.69. The number of aryl methyl sites for hydroxylation is 2. The van der Waals surface area contributed by atoms with E-state index >= 15 is 0 Å². The first-order valence-electron chi connectivity index (χ1n) is 7.08. The molecule has 0 bridgehead atoms. The first-order chi connectivity index (χ1) is 9.72. The van der Waals surface area contributed by atoms with Gasteiger partial charge in [0.15, 0.2) is 0 Å². The average Bonchev–Trinajstić information content (AvgIpc) is 2.44. The molecule has 1 aliphatic rings. The van der Waals surface area contributed by atoms with Crippen LogP contribution in [0.3, 0.4) is 0 Å². The summed E-state index contributed by atoms with van der Waals surface area (Å²) >= 11 is 3.55. The lowest BCUT2D eigenvalue weighted by Gasteiger charge is -2.21. The van der Waals surface area contributed by atoms with Gasteiger partial charge in [0.25, 0.3) is 0 Å². The Morgan fingerprint density at radius 3 is 3.00 bits per heavy atom. The molecular weight excluding hydrogens is 312 g/mol. The first kappa shape index (κ1) is 13.5. The number of anilines is 2. The summed E-state index contributed by atoms with van der Waals surface area (Å²) < 4.78 is 1.12. The number of halogens is 1. The molecule has 2 N–H and O–H groups in total. The molecule has 1 heterocycles. The third-order valence-corrected chi connectivity index (χ3v) is 4.14. The number of hydrogen-bond donors (Lipinski definition) is 2. The number of benzene rings is 2. The van der Waals surface area contributed by atoms with Gasteiger partial charge in [0.05, 0.1) is 0 Å². The van der Waals surface area contributed by atoms with Gasteiger partial charge in [-0.05, 0) is 54.7 Å². The van der Waals surface area contributed by atoms with Crippen molar-refractivity contribution in [2.45, 2.75) is 26.3 Å². The van der Waals surface area contributed by atoms with Crippen LogP contribution in [-0.2, 0) is 13.0 Å². The summed E-state index contributed by atoms with van der Waals surface area (Å²) in [7, 11) is 0. The molecule has 0 unspecified atom stereocenters. The van der Waals surface area contributed by atoms with Gasteiger partial charge in [-0.1, -0.05) is 34.1 Å². The van der Waals surface area contributed by atoms with E-state index in [1.807, 2.05) is 0 Å². The second-order valence-corrected chi connectivity index (χ2v) is 6.27. The maximum Gasteiger partial charge on any atom is 0.0423 e. The zero-order valence-corrected chi connectivity index (χ0v) is 13.3. The smallest absolute Gasteiger partial charge is 0.0423 e. The predicted octanol–water partition coefficient (Wildman–Crippen LogP) is 4.73. The van der Waals surface area contributed by atoms with Crippen molar-refractivity contribution in [3.8, 4) is 0 Å². The molecule has 0 spiro atoms. The number of fused-ring (bicyclic) bond motifs is 1. The van der Waals surface area contributed by atoms with Gasteiger partial charge in [-0.3, -0.25) is 0 Å². The molecule has 2 aromatic rings. The summed E-state index contributed by atoms with van der Waals surface area (Å²) in [5, 5.41) is 7.06. The largest absolute Gasteiger partial charge is 0.385 e. The van der Waals surface area contributed by atoms with Crippen LogP contribution < -0.4 is 10.6 Å². The molecule has 0 amide bonds. The lowest BCUT2D eigenvalue weighted by molar-refractivity contribution is 0.825. The van der Waals surface area contributed by atoms with Crippen molar-refractivity contribution in [2.24, 2.45) is 0 Å². The fourth-order valence-electron chi connectivity index (χ4n) is 2.76. The predicted molar refractivity (Wildman–Crippen MR) is 89.5 cm³/mol. The topological polar surface area (TPSA) is 24.1 Å². The van der Waals surface area contributed by atoms with E-state index in [4.69, 9.17) is 0 Å². The van der Waals surface area contributed by atoms with Gasteiger partial charge in [0.2, 0.25) is 0 Å². The van der Waals surface area contributed by atoms with Crippen molar-refractivity contribution in [1.82, 2.24) is 0 Å². The van der Waals surface area contributed by atoms with Crippen molar-refractivity contribution in [3.63, 3.8) is 0 Å². The Kier molecular flexibility index (Phi) is 3.97. The standard InChI is InChI=1S/C17H19BrN2/c1-12-8-15(18)10-16(9-12)20-11-14-5-2-4-13-6-3-7-19-17(13)14/h2,4-5,8-10,19-20H,3,6-7,11H2,1H3. The lowest BCUT2D eigenvalue weighted by Crippen LogP contribution is -2.15. The summed E-state index contributed by atoms with van der Waals surface area (Å²) in [5.74, 6) is 0. The molecule has 20 heavy (non-hydrogen) atoms. The molecule has 2 aromatic carbocycles. The summed E-state index contributed by atoms with van der Waals surface area (Å²) in [5.41, 5.74) is 6.54. The van der Waals surface area contributed by atoms with E-state index < -0.39 is 0 Å². The quantitative estimate of drug-likeness (QED) is 0.850. The van der Waals surface area contributed by atoms with E-state index in [-0.39, 0.29) is 0 Å². The summed E-state index contributed by atoms with van der Waals surface area (Å²) in [4.78, 5) is 0. The van der Waals surface area contributed by atoms with Crippen molar-refractivity contribution in [1.29, 1.82) is 0 Å². The number of hydrogen-bond acceptors (Lipinski definition) is 2. The third kappa shape index (κ3) is 2.98. The van der Waals surface area contributed by atoms with E-state index in [9.17, 15) is 0 Å². The fraction of sp³-hybridized carbons (Fsp3) is 0.294. The molecule has 104 valence electrons. The Hall–Kier alpha value is -1.48. The molecular formula is C17H19BrN2. The van der Waals surface area contributed by atoms with E-state index in [0.717, 1.165) is 23.2 Å². The van der Waals surface area contributed by atoms with Crippen molar-refractivity contribution >= 4 is 27.3 Å². The van der Waals surface area contributed by atoms with Crippen LogP contribution in [0.15, 0.2) is 40.9 Å². The van der Waals surface area contributed by atoms with E-state index in [1.54, 1.807) is 0 Å². The van der Waals surface area contributed by atoms with Crippen molar-refractivity contribution < 1.29 is 0 Å². The molecule has 0 aliphatic carbocycles. The van der Waals surface area contributed by atoms with Gasteiger partial charge < -0.3 is 10.6 Å². The highest BCUT2D eigenvalue weighted by Crippen LogP contribution is 2.27. The molecule has 3 rings (SSSR count). The monoisotopic (exact) mass is 330 g/mol. The average molecular weight is 331 g/mol. The van der Waals surface area contributed by atoms with Crippen LogP contribution >= 0.6 is 15.9 Å². The minimum absolute atomic E-state index is 0.853. The van der Waals surface area contributed by atoms with Crippen LogP contribution in [0.1, 0.15) is 23.1 Å². The lowest BCUT2D eigenvalue weighted by atomic mass is 9.99. The van der Waals surface area contributed by atoms with Gasteiger partial charge in [0.1, 0.15) is 0 Å². The number of para-hydroxylation sites is 1. The maximum atomic E-state index is 3.55. The van der Waals surface area contributed by atoms with Crippen LogP contribution in [0.2, 0.25) is 0 Å². The molecule has 3 heteroatoms. The SMILES string of the molecule is Cc1cc(Br)cc(NCc2cccc3c2NCCC3)c1. The minimum atomic E-state index is 0.853. The summed E-state index contributed by atoms with van der Waals surface area (Å²) in [6.45, 7) is 4.05. The zero-order valence-electron chi connectivity index (χ0n) is 11.7. The Morgan fingerprint density at radius 2 is 2.15 bits per heavy atom. The molecule has 0 fully saturated rings. The van der Waals surface area contributed by atoms with E-state index in [2.05, 4.69) is 69.9 Å². The minimum Gasteiger partial charge on any atom is -0.385 e. The normalized spacial score (nSPS) is 13.5. The highest BCUT2D eigenvalue weighted by Gasteiger charge is 2.11. The summed E-state index contributed by atoms with van der Waals surface area (Å²) in [6.07, 6.45) is 2.42. The highest BCUT2D eigenvalue weighted by atomic mass is 79.9. The molecule has 0 radical (unpaired) electrons. The maximum absolute atomic E-state index is 3.55. The van der Waals surface area contributed by atoms with Crippen molar-refractivity contribution in [3.05, 3.63) is 57.6 Å². The van der Waals surface area contributed by atoms with Gasteiger partial charge in [-0.15, -0.1) is 0 Å². The second-order valence-electron chi connectivity index (χ2n) is 5.35. The Labute approximate surface area is 128 Å². The zero-order chi connectivity index (χ0) is 13.9. The Bertz CT molecular complexity index is 602. The first-order valence-corrected chi connectivity index (χ1v) is 7.87. The fourth-order valence-corrected chi connectivity index (χ4v) is 3.37. The van der Waals surface area contributed by atoms with Crippen LogP contribution in [-0.4, -0.2) is 6.54 Å². The Balaban J connectivity index is 1.78. The Morgan fingerprint density at radius 1 is 1.25 bits per heavy atom. The molecule has 2 nitrogen and oxygen atoms in total. The highest BCUT2D eigenvalue weighted by molar-refractivity contribution is 9.10. The van der Waals surface area contributed by atoms with Crippen LogP contribution in [0.5, 0.6) is 0 Å². The van der Waals surface area contributed by atoms with Crippen molar-refractivity contribution in [2.75, 3.05) is 17.2 Å². The number of rotatable bonds is 3. The molecule has 1 aliphatic heterocycles. The molecule has 0 atom stereocenters. The molecule has 0 saturated carbocycles. The van der Waals surface area contributed by atoms with Gasteiger partial charge in [-0.25, -0.2) is 0 Å². The van der Waals surface area contributed by atoms with Gasteiger partial charge in [-0.2, -0.15) is 0 Å². The van der Waals surface area contributed by atoms with E-state index in [1.165, 1.54) is 35.2 Å². The summed E-state index contributed by atoms with van der Waals surface area (Å²) in [6, 6.07) is 13.0. The number of nitrogens with one attached hydrogen (secondary N) is 2. The molecule has 0 aromatic heterocycles. The van der Waals surface area contributed by atoms with Crippen LogP contribution in [0, 0.1) is 6.92 Å².